The molecule has 1 aromatic carbocycles. The molecule has 1 N–H and O–H groups in total. The highest BCUT2D eigenvalue weighted by Crippen LogP contribution is 2.46. The lowest BCUT2D eigenvalue weighted by molar-refractivity contribution is 0.140. The number of rotatable bonds is 1. The van der Waals surface area contributed by atoms with Crippen LogP contribution in [0.25, 0.3) is 0 Å². The zero-order chi connectivity index (χ0) is 12.5. The third-order valence-electron chi connectivity index (χ3n) is 3.32. The molecule has 0 amide bonds. The summed E-state index contributed by atoms with van der Waals surface area (Å²) in [5, 5.41) is 4.60. The normalized spacial score (nSPS) is 30.2. The van der Waals surface area contributed by atoms with Gasteiger partial charge in [0.25, 0.3) is 0 Å². The van der Waals surface area contributed by atoms with E-state index in [1.807, 2.05) is 18.2 Å². The Bertz CT molecular complexity index is 415. The standard InChI is InChI=1S/C13H20NOPS/c1-13(2,3)11-9-14-16(17,15-10-11)12-7-5-4-6-8-12/h4-8,11H,9-10H2,1-3H3,(H,14,17). The maximum atomic E-state index is 6.01. The Kier molecular flexibility index (Phi) is 3.74. The highest BCUT2D eigenvalue weighted by molar-refractivity contribution is 8.14. The van der Waals surface area contributed by atoms with E-state index in [9.17, 15) is 0 Å². The van der Waals surface area contributed by atoms with Gasteiger partial charge in [0.05, 0.1) is 6.61 Å². The van der Waals surface area contributed by atoms with E-state index in [-0.39, 0.29) is 5.41 Å². The van der Waals surface area contributed by atoms with Gasteiger partial charge in [-0.3, -0.25) is 5.09 Å². The molecule has 2 atom stereocenters. The van der Waals surface area contributed by atoms with Gasteiger partial charge in [-0.1, -0.05) is 51.1 Å². The average Bonchev–Trinajstić information content (AvgIpc) is 2.29. The SMILES string of the molecule is CC(C)(C)C1CNP(=S)(c2ccccc2)OC1. The molecule has 94 valence electrons. The van der Waals surface area contributed by atoms with Gasteiger partial charge in [-0.05, 0) is 17.2 Å². The van der Waals surface area contributed by atoms with Crippen LogP contribution in [0, 0.1) is 11.3 Å². The molecule has 0 aliphatic carbocycles. The minimum absolute atomic E-state index is 0.268. The first-order chi connectivity index (χ1) is 7.92. The molecule has 2 nitrogen and oxygen atoms in total. The molecule has 2 rings (SSSR count). The molecule has 0 aromatic heterocycles. The van der Waals surface area contributed by atoms with Crippen molar-refractivity contribution in [2.45, 2.75) is 20.8 Å². The molecule has 17 heavy (non-hydrogen) atoms. The summed E-state index contributed by atoms with van der Waals surface area (Å²) in [5.41, 5.74) is 0.268. The summed E-state index contributed by atoms with van der Waals surface area (Å²) in [6, 6.07) is 10.2. The monoisotopic (exact) mass is 269 g/mol. The summed E-state index contributed by atoms with van der Waals surface area (Å²) in [6.07, 6.45) is -1.99. The average molecular weight is 269 g/mol. The maximum Gasteiger partial charge on any atom is 0.159 e. The Morgan fingerprint density at radius 1 is 1.29 bits per heavy atom. The van der Waals surface area contributed by atoms with Gasteiger partial charge in [0.15, 0.2) is 6.42 Å². The second kappa shape index (κ2) is 4.81. The van der Waals surface area contributed by atoms with Crippen LogP contribution in [0.2, 0.25) is 0 Å². The van der Waals surface area contributed by atoms with E-state index >= 15 is 0 Å². The van der Waals surface area contributed by atoms with E-state index < -0.39 is 6.42 Å². The molecule has 1 aliphatic heterocycles. The fraction of sp³-hybridized carbons (Fsp3) is 0.538. The summed E-state index contributed by atoms with van der Waals surface area (Å²) >= 11 is 5.67. The molecule has 0 saturated carbocycles. The van der Waals surface area contributed by atoms with Crippen LogP contribution in [0.4, 0.5) is 0 Å². The number of hydrogen-bond acceptors (Lipinski definition) is 2. The van der Waals surface area contributed by atoms with E-state index in [4.69, 9.17) is 16.3 Å². The van der Waals surface area contributed by atoms with Crippen molar-refractivity contribution in [1.29, 1.82) is 0 Å². The van der Waals surface area contributed by atoms with Gasteiger partial charge in [-0.2, -0.15) is 0 Å². The molecule has 0 spiro atoms. The molecule has 1 fully saturated rings. The summed E-state index contributed by atoms with van der Waals surface area (Å²) < 4.78 is 6.01. The van der Waals surface area contributed by atoms with Crippen LogP contribution in [0.5, 0.6) is 0 Å². The molecule has 1 heterocycles. The van der Waals surface area contributed by atoms with Crippen LogP contribution in [-0.4, -0.2) is 13.2 Å². The van der Waals surface area contributed by atoms with E-state index in [1.54, 1.807) is 0 Å². The molecule has 1 aromatic rings. The van der Waals surface area contributed by atoms with E-state index in [2.05, 4.69) is 38.0 Å². The second-order valence-electron chi connectivity index (χ2n) is 5.61. The maximum absolute atomic E-state index is 6.01. The third kappa shape index (κ3) is 2.97. The van der Waals surface area contributed by atoms with Crippen molar-refractivity contribution in [1.82, 2.24) is 5.09 Å². The number of benzene rings is 1. The predicted molar refractivity (Wildman–Crippen MR) is 77.3 cm³/mol. The number of hydrogen-bond donors (Lipinski definition) is 1. The van der Waals surface area contributed by atoms with Crippen molar-refractivity contribution in [2.75, 3.05) is 13.2 Å². The van der Waals surface area contributed by atoms with Gasteiger partial charge < -0.3 is 4.52 Å². The minimum Gasteiger partial charge on any atom is -0.334 e. The first-order valence-corrected chi connectivity index (χ1v) is 8.69. The van der Waals surface area contributed by atoms with Gasteiger partial charge in [0.1, 0.15) is 0 Å². The van der Waals surface area contributed by atoms with Gasteiger partial charge in [-0.25, -0.2) is 0 Å². The Labute approximate surface area is 109 Å². The lowest BCUT2D eigenvalue weighted by atomic mass is 9.81. The van der Waals surface area contributed by atoms with Crippen LogP contribution < -0.4 is 10.4 Å². The fourth-order valence-corrected chi connectivity index (χ4v) is 4.49. The van der Waals surface area contributed by atoms with Crippen molar-refractivity contribution in [2.24, 2.45) is 11.3 Å². The van der Waals surface area contributed by atoms with Crippen LogP contribution in [0.1, 0.15) is 20.8 Å². The predicted octanol–water partition coefficient (Wildman–Crippen LogP) is 2.90. The van der Waals surface area contributed by atoms with Crippen molar-refractivity contribution >= 4 is 23.5 Å². The largest absolute Gasteiger partial charge is 0.334 e. The number of nitrogens with one attached hydrogen (secondary N) is 1. The molecule has 2 unspecified atom stereocenters. The fourth-order valence-electron chi connectivity index (χ4n) is 1.88. The van der Waals surface area contributed by atoms with Crippen molar-refractivity contribution in [3.05, 3.63) is 30.3 Å². The first kappa shape index (κ1) is 13.2. The van der Waals surface area contributed by atoms with Crippen LogP contribution in [0.15, 0.2) is 30.3 Å². The van der Waals surface area contributed by atoms with Gasteiger partial charge in [0.2, 0.25) is 0 Å². The van der Waals surface area contributed by atoms with Gasteiger partial charge >= 0.3 is 0 Å². The van der Waals surface area contributed by atoms with Gasteiger partial charge in [-0.15, -0.1) is 0 Å². The topological polar surface area (TPSA) is 21.3 Å². The van der Waals surface area contributed by atoms with Crippen LogP contribution >= 0.6 is 6.42 Å². The summed E-state index contributed by atoms with van der Waals surface area (Å²) in [6.45, 7) is 8.47. The minimum atomic E-state index is -1.99. The van der Waals surface area contributed by atoms with Crippen molar-refractivity contribution in [3.8, 4) is 0 Å². The highest BCUT2D eigenvalue weighted by Gasteiger charge is 2.33. The van der Waals surface area contributed by atoms with E-state index in [1.165, 1.54) is 0 Å². The second-order valence-corrected chi connectivity index (χ2v) is 9.34. The van der Waals surface area contributed by atoms with Gasteiger partial charge in [0, 0.05) is 17.8 Å². The molecular formula is C13H20NOPS. The molecule has 0 radical (unpaired) electrons. The quantitative estimate of drug-likeness (QED) is 0.792. The molecule has 1 aliphatic rings. The van der Waals surface area contributed by atoms with E-state index in [0.29, 0.717) is 5.92 Å². The lowest BCUT2D eigenvalue weighted by Crippen LogP contribution is -2.40. The zero-order valence-electron chi connectivity index (χ0n) is 10.6. The molecular weight excluding hydrogens is 249 g/mol. The molecule has 0 bridgehead atoms. The Morgan fingerprint density at radius 3 is 2.41 bits per heavy atom. The Balaban J connectivity index is 2.11. The van der Waals surface area contributed by atoms with E-state index in [0.717, 1.165) is 18.5 Å². The smallest absolute Gasteiger partial charge is 0.159 e. The summed E-state index contributed by atoms with van der Waals surface area (Å²) in [4.78, 5) is 0. The zero-order valence-corrected chi connectivity index (χ0v) is 12.4. The highest BCUT2D eigenvalue weighted by atomic mass is 32.4. The summed E-state index contributed by atoms with van der Waals surface area (Å²) in [7, 11) is 0. The first-order valence-electron chi connectivity index (χ1n) is 5.97. The van der Waals surface area contributed by atoms with Crippen molar-refractivity contribution in [3.63, 3.8) is 0 Å². The van der Waals surface area contributed by atoms with Crippen LogP contribution in [0.3, 0.4) is 0 Å². The Hall–Kier alpha value is -0.210. The molecule has 4 heteroatoms. The molecule has 1 saturated heterocycles. The lowest BCUT2D eigenvalue weighted by Gasteiger charge is -2.39. The van der Waals surface area contributed by atoms with Crippen molar-refractivity contribution < 1.29 is 4.52 Å². The van der Waals surface area contributed by atoms with Crippen LogP contribution in [-0.2, 0) is 16.3 Å². The Morgan fingerprint density at radius 2 is 1.94 bits per heavy atom. The third-order valence-corrected chi connectivity index (χ3v) is 6.75. The summed E-state index contributed by atoms with van der Waals surface area (Å²) in [5.74, 6) is 0.530.